The summed E-state index contributed by atoms with van der Waals surface area (Å²) in [5.41, 5.74) is 3.28. The molecule has 0 aromatic heterocycles. The third-order valence-electron chi connectivity index (χ3n) is 4.57. The van der Waals surface area contributed by atoms with Crippen LogP contribution in [-0.2, 0) is 0 Å². The number of rotatable bonds is 5. The van der Waals surface area contributed by atoms with Gasteiger partial charge < -0.3 is 14.5 Å². The summed E-state index contributed by atoms with van der Waals surface area (Å²) in [6.45, 7) is 7.84. The maximum absolute atomic E-state index is 5.25. The number of anilines is 1. The van der Waals surface area contributed by atoms with Gasteiger partial charge in [-0.1, -0.05) is 6.92 Å². The summed E-state index contributed by atoms with van der Waals surface area (Å²) in [6.07, 6.45) is 1.87. The fraction of sp³-hybridized carbons (Fsp3) is 0.350. The van der Waals surface area contributed by atoms with Crippen LogP contribution in [0.2, 0.25) is 0 Å². The molecule has 0 bridgehead atoms. The fourth-order valence-electron chi connectivity index (χ4n) is 2.98. The van der Waals surface area contributed by atoms with Crippen molar-refractivity contribution < 1.29 is 4.74 Å². The number of methoxy groups -OCH3 is 1. The third kappa shape index (κ3) is 4.61. The molecule has 1 heterocycles. The number of benzene rings is 2. The van der Waals surface area contributed by atoms with Crippen molar-refractivity contribution in [1.29, 1.82) is 0 Å². The first-order valence-corrected chi connectivity index (χ1v) is 9.44. The largest absolute Gasteiger partial charge is 0.496 e. The summed E-state index contributed by atoms with van der Waals surface area (Å²) in [7, 11) is 1.66. The van der Waals surface area contributed by atoms with Crippen molar-refractivity contribution in [1.82, 2.24) is 4.90 Å². The second-order valence-electron chi connectivity index (χ2n) is 6.09. The van der Waals surface area contributed by atoms with E-state index in [4.69, 9.17) is 4.74 Å². The lowest BCUT2D eigenvalue weighted by Gasteiger charge is -2.35. The SMILES string of the molecule is CCN1CCN(c2ccc(N=Cc3ccc(OC)c(Br)c3)cc2)CC1. The molecule has 1 fully saturated rings. The molecule has 0 saturated carbocycles. The molecule has 1 aliphatic rings. The topological polar surface area (TPSA) is 28.1 Å². The zero-order valence-corrected chi connectivity index (χ0v) is 16.4. The van der Waals surface area contributed by atoms with Crippen molar-refractivity contribution in [3.63, 3.8) is 0 Å². The Bertz CT molecular complexity index is 722. The molecular weight excluding hydrogens is 378 g/mol. The fourth-order valence-corrected chi connectivity index (χ4v) is 3.54. The maximum atomic E-state index is 5.25. The zero-order chi connectivity index (χ0) is 17.6. The summed E-state index contributed by atoms with van der Waals surface area (Å²) >= 11 is 3.50. The monoisotopic (exact) mass is 401 g/mol. The van der Waals surface area contributed by atoms with E-state index in [1.807, 2.05) is 24.4 Å². The predicted molar refractivity (Wildman–Crippen MR) is 109 cm³/mol. The van der Waals surface area contributed by atoms with Crippen LogP contribution < -0.4 is 9.64 Å². The number of aliphatic imine (C=N–C) groups is 1. The molecule has 2 aromatic rings. The highest BCUT2D eigenvalue weighted by molar-refractivity contribution is 9.10. The molecule has 1 aliphatic heterocycles. The van der Waals surface area contributed by atoms with Crippen molar-refractivity contribution >= 4 is 33.5 Å². The van der Waals surface area contributed by atoms with Crippen molar-refractivity contribution in [2.45, 2.75) is 6.92 Å². The standard InChI is InChI=1S/C20H24BrN3O/c1-3-23-10-12-24(13-11-23)18-7-5-17(6-8-18)22-15-16-4-9-20(25-2)19(21)14-16/h4-9,14-15H,3,10-13H2,1-2H3. The minimum atomic E-state index is 0.824. The molecule has 1 saturated heterocycles. The molecule has 0 unspecified atom stereocenters. The van der Waals surface area contributed by atoms with Crippen LogP contribution in [0, 0.1) is 0 Å². The number of hydrogen-bond acceptors (Lipinski definition) is 4. The highest BCUT2D eigenvalue weighted by Gasteiger charge is 2.15. The van der Waals surface area contributed by atoms with Crippen molar-refractivity contribution in [3.05, 3.63) is 52.5 Å². The van der Waals surface area contributed by atoms with Gasteiger partial charge in [-0.15, -0.1) is 0 Å². The minimum Gasteiger partial charge on any atom is -0.496 e. The summed E-state index contributed by atoms with van der Waals surface area (Å²) < 4.78 is 6.18. The predicted octanol–water partition coefficient (Wildman–Crippen LogP) is 4.35. The first-order valence-electron chi connectivity index (χ1n) is 8.64. The first kappa shape index (κ1) is 18.0. The van der Waals surface area contributed by atoms with Crippen LogP contribution in [0.5, 0.6) is 5.75 Å². The quantitative estimate of drug-likeness (QED) is 0.697. The number of nitrogens with zero attached hydrogens (tertiary/aromatic N) is 3. The summed E-state index contributed by atoms with van der Waals surface area (Å²) in [5.74, 6) is 0.824. The lowest BCUT2D eigenvalue weighted by molar-refractivity contribution is 0.271. The van der Waals surface area contributed by atoms with E-state index in [1.165, 1.54) is 5.69 Å². The van der Waals surface area contributed by atoms with Gasteiger partial charge in [0.05, 0.1) is 17.3 Å². The van der Waals surface area contributed by atoms with E-state index in [0.717, 1.165) is 54.2 Å². The number of likely N-dealkylation sites (N-methyl/N-ethyl adjacent to an activating group) is 1. The molecule has 3 rings (SSSR count). The van der Waals surface area contributed by atoms with Crippen LogP contribution in [-0.4, -0.2) is 50.9 Å². The van der Waals surface area contributed by atoms with E-state index in [0.29, 0.717) is 0 Å². The Labute approximate surface area is 158 Å². The Hall–Kier alpha value is -1.85. The van der Waals surface area contributed by atoms with E-state index in [1.54, 1.807) is 7.11 Å². The summed E-state index contributed by atoms with van der Waals surface area (Å²) in [4.78, 5) is 9.50. The Kier molecular flexibility index (Phi) is 6.10. The molecule has 0 radical (unpaired) electrons. The minimum absolute atomic E-state index is 0.824. The highest BCUT2D eigenvalue weighted by Crippen LogP contribution is 2.25. The number of hydrogen-bond donors (Lipinski definition) is 0. The van der Waals surface area contributed by atoms with E-state index in [9.17, 15) is 0 Å². The molecule has 0 N–H and O–H groups in total. The zero-order valence-electron chi connectivity index (χ0n) is 14.8. The van der Waals surface area contributed by atoms with E-state index in [-0.39, 0.29) is 0 Å². The van der Waals surface area contributed by atoms with Gasteiger partial charge in [-0.05, 0) is 70.5 Å². The van der Waals surface area contributed by atoms with Gasteiger partial charge in [0.25, 0.3) is 0 Å². The second kappa shape index (κ2) is 8.50. The smallest absolute Gasteiger partial charge is 0.133 e. The molecule has 5 heteroatoms. The van der Waals surface area contributed by atoms with Gasteiger partial charge in [-0.2, -0.15) is 0 Å². The Morgan fingerprint density at radius 1 is 1.08 bits per heavy atom. The van der Waals surface area contributed by atoms with Crippen molar-refractivity contribution in [2.24, 2.45) is 4.99 Å². The molecule has 0 aliphatic carbocycles. The van der Waals surface area contributed by atoms with Gasteiger partial charge in [0, 0.05) is 38.1 Å². The van der Waals surface area contributed by atoms with Crippen molar-refractivity contribution in [3.8, 4) is 5.75 Å². The number of halogens is 1. The number of piperazine rings is 1. The van der Waals surface area contributed by atoms with E-state index in [2.05, 4.69) is 61.9 Å². The van der Waals surface area contributed by atoms with Gasteiger partial charge in [-0.25, -0.2) is 0 Å². The third-order valence-corrected chi connectivity index (χ3v) is 5.19. The molecule has 0 amide bonds. The molecule has 0 spiro atoms. The van der Waals surface area contributed by atoms with Gasteiger partial charge in [0.2, 0.25) is 0 Å². The molecular formula is C20H24BrN3O. The van der Waals surface area contributed by atoms with E-state index < -0.39 is 0 Å². The van der Waals surface area contributed by atoms with Gasteiger partial charge in [0.15, 0.2) is 0 Å². The van der Waals surface area contributed by atoms with Crippen LogP contribution in [0.25, 0.3) is 0 Å². The highest BCUT2D eigenvalue weighted by atomic mass is 79.9. The molecule has 0 atom stereocenters. The van der Waals surface area contributed by atoms with Crippen LogP contribution in [0.4, 0.5) is 11.4 Å². The number of ether oxygens (including phenoxy) is 1. The van der Waals surface area contributed by atoms with Gasteiger partial charge >= 0.3 is 0 Å². The van der Waals surface area contributed by atoms with E-state index >= 15 is 0 Å². The van der Waals surface area contributed by atoms with Gasteiger partial charge in [-0.3, -0.25) is 4.99 Å². The van der Waals surface area contributed by atoms with Crippen molar-refractivity contribution in [2.75, 3.05) is 44.7 Å². The Morgan fingerprint density at radius 3 is 2.40 bits per heavy atom. The van der Waals surface area contributed by atoms with Crippen LogP contribution in [0.3, 0.4) is 0 Å². The maximum Gasteiger partial charge on any atom is 0.133 e. The second-order valence-corrected chi connectivity index (χ2v) is 6.94. The Morgan fingerprint density at radius 2 is 1.80 bits per heavy atom. The normalized spacial score (nSPS) is 15.7. The summed E-state index contributed by atoms with van der Waals surface area (Å²) in [5, 5.41) is 0. The molecule has 4 nitrogen and oxygen atoms in total. The first-order chi connectivity index (χ1) is 12.2. The van der Waals surface area contributed by atoms with Gasteiger partial charge in [0.1, 0.15) is 5.75 Å². The lowest BCUT2D eigenvalue weighted by Crippen LogP contribution is -2.46. The summed E-state index contributed by atoms with van der Waals surface area (Å²) in [6, 6.07) is 14.4. The average molecular weight is 402 g/mol. The Balaban J connectivity index is 1.63. The van der Waals surface area contributed by atoms with Crippen LogP contribution >= 0.6 is 15.9 Å². The average Bonchev–Trinajstić information content (AvgIpc) is 2.67. The van der Waals surface area contributed by atoms with Crippen LogP contribution in [0.15, 0.2) is 51.9 Å². The molecule has 25 heavy (non-hydrogen) atoms. The van der Waals surface area contributed by atoms with Crippen LogP contribution in [0.1, 0.15) is 12.5 Å². The lowest BCUT2D eigenvalue weighted by atomic mass is 10.2. The molecule has 2 aromatic carbocycles. The molecule has 132 valence electrons.